The van der Waals surface area contributed by atoms with Crippen molar-refractivity contribution >= 4 is 0 Å². The number of aliphatic hydroxyl groups is 2. The molecule has 1 aromatic carbocycles. The topological polar surface area (TPSA) is 40.5 Å². The van der Waals surface area contributed by atoms with Gasteiger partial charge >= 0.3 is 0 Å². The van der Waals surface area contributed by atoms with E-state index in [1.165, 1.54) is 5.56 Å². The first-order chi connectivity index (χ1) is 6.81. The molecule has 1 aliphatic carbocycles. The molecule has 0 saturated heterocycles. The largest absolute Gasteiger partial charge is 0.396 e. The normalized spacial score (nSPS) is 25.9. The van der Waals surface area contributed by atoms with Gasteiger partial charge in [0.1, 0.15) is 0 Å². The molecular formula is C12H16O2. The van der Waals surface area contributed by atoms with Gasteiger partial charge in [-0.15, -0.1) is 0 Å². The fourth-order valence-electron chi connectivity index (χ4n) is 2.28. The van der Waals surface area contributed by atoms with Crippen LogP contribution in [0.1, 0.15) is 30.1 Å². The molecule has 0 fully saturated rings. The monoisotopic (exact) mass is 192 g/mol. The van der Waals surface area contributed by atoms with E-state index in [1.807, 2.05) is 18.2 Å². The van der Waals surface area contributed by atoms with E-state index in [0.29, 0.717) is 5.92 Å². The zero-order valence-electron chi connectivity index (χ0n) is 8.19. The van der Waals surface area contributed by atoms with E-state index in [4.69, 9.17) is 5.11 Å². The highest BCUT2D eigenvalue weighted by Gasteiger charge is 2.24. The van der Waals surface area contributed by atoms with E-state index in [9.17, 15) is 5.11 Å². The van der Waals surface area contributed by atoms with Crippen molar-refractivity contribution in [2.75, 3.05) is 6.61 Å². The van der Waals surface area contributed by atoms with Crippen LogP contribution in [0.15, 0.2) is 24.3 Å². The maximum atomic E-state index is 9.88. The highest BCUT2D eigenvalue weighted by atomic mass is 16.3. The zero-order valence-corrected chi connectivity index (χ0v) is 8.19. The fourth-order valence-corrected chi connectivity index (χ4v) is 2.28. The summed E-state index contributed by atoms with van der Waals surface area (Å²) in [7, 11) is 0. The Morgan fingerprint density at radius 3 is 2.86 bits per heavy atom. The van der Waals surface area contributed by atoms with Gasteiger partial charge in [-0.3, -0.25) is 0 Å². The lowest BCUT2D eigenvalue weighted by molar-refractivity contribution is 0.120. The summed E-state index contributed by atoms with van der Waals surface area (Å²) < 4.78 is 0. The Balaban J connectivity index is 2.20. The van der Waals surface area contributed by atoms with Gasteiger partial charge in [0, 0.05) is 6.61 Å². The third-order valence-corrected chi connectivity index (χ3v) is 3.02. The number of benzene rings is 1. The molecule has 0 radical (unpaired) electrons. The number of aliphatic hydroxyl groups excluding tert-OH is 2. The van der Waals surface area contributed by atoms with Crippen LogP contribution in [-0.2, 0) is 6.42 Å². The van der Waals surface area contributed by atoms with Crippen LogP contribution in [0.3, 0.4) is 0 Å². The predicted octanol–water partition coefficient (Wildman–Crippen LogP) is 1.66. The van der Waals surface area contributed by atoms with Gasteiger partial charge in [-0.05, 0) is 36.3 Å². The molecule has 2 unspecified atom stereocenters. The van der Waals surface area contributed by atoms with E-state index < -0.39 is 0 Å². The van der Waals surface area contributed by atoms with Gasteiger partial charge in [0.15, 0.2) is 0 Å². The molecule has 76 valence electrons. The second-order valence-electron chi connectivity index (χ2n) is 4.03. The van der Waals surface area contributed by atoms with Crippen molar-refractivity contribution in [3.8, 4) is 0 Å². The molecule has 0 amide bonds. The minimum absolute atomic E-state index is 0.222. The second kappa shape index (κ2) is 4.11. The molecule has 2 nitrogen and oxygen atoms in total. The molecule has 2 N–H and O–H groups in total. The number of rotatable bonds is 2. The zero-order chi connectivity index (χ0) is 9.97. The Bertz CT molecular complexity index is 309. The van der Waals surface area contributed by atoms with Gasteiger partial charge in [0.25, 0.3) is 0 Å². The first-order valence-electron chi connectivity index (χ1n) is 5.18. The van der Waals surface area contributed by atoms with Gasteiger partial charge in [-0.1, -0.05) is 24.3 Å². The van der Waals surface area contributed by atoms with Crippen molar-refractivity contribution in [1.82, 2.24) is 0 Å². The molecular weight excluding hydrogens is 176 g/mol. The summed E-state index contributed by atoms with van der Waals surface area (Å²) >= 11 is 0. The van der Waals surface area contributed by atoms with Crippen LogP contribution in [0.4, 0.5) is 0 Å². The van der Waals surface area contributed by atoms with Gasteiger partial charge in [-0.2, -0.15) is 0 Å². The van der Waals surface area contributed by atoms with Crippen LogP contribution in [-0.4, -0.2) is 16.8 Å². The first kappa shape index (κ1) is 9.69. The smallest absolute Gasteiger partial charge is 0.0795 e. The Morgan fingerprint density at radius 2 is 2.07 bits per heavy atom. The quantitative estimate of drug-likeness (QED) is 0.748. The van der Waals surface area contributed by atoms with Crippen LogP contribution in [0, 0.1) is 5.92 Å². The van der Waals surface area contributed by atoms with Crippen molar-refractivity contribution in [3.05, 3.63) is 35.4 Å². The second-order valence-corrected chi connectivity index (χ2v) is 4.03. The molecule has 0 aliphatic heterocycles. The van der Waals surface area contributed by atoms with Gasteiger partial charge in [0.05, 0.1) is 6.10 Å². The number of hydrogen-bond acceptors (Lipinski definition) is 2. The van der Waals surface area contributed by atoms with E-state index in [-0.39, 0.29) is 12.7 Å². The van der Waals surface area contributed by atoms with Crippen molar-refractivity contribution in [1.29, 1.82) is 0 Å². The average molecular weight is 192 g/mol. The standard InChI is InChI=1S/C12H16O2/c13-6-5-9-7-10-3-1-2-4-11(10)12(14)8-9/h1-4,9,12-14H,5-8H2. The summed E-state index contributed by atoms with van der Waals surface area (Å²) in [5.41, 5.74) is 2.31. The summed E-state index contributed by atoms with van der Waals surface area (Å²) in [6, 6.07) is 8.04. The SMILES string of the molecule is OCCC1Cc2ccccc2C(O)C1. The molecule has 2 rings (SSSR count). The summed E-state index contributed by atoms with van der Waals surface area (Å²) in [5, 5.41) is 18.7. The van der Waals surface area contributed by atoms with E-state index >= 15 is 0 Å². The van der Waals surface area contributed by atoms with E-state index in [1.54, 1.807) is 0 Å². The number of fused-ring (bicyclic) bond motifs is 1. The summed E-state index contributed by atoms with van der Waals surface area (Å²) in [5.74, 6) is 0.435. The van der Waals surface area contributed by atoms with Gasteiger partial charge in [-0.25, -0.2) is 0 Å². The summed E-state index contributed by atoms with van der Waals surface area (Å²) in [6.45, 7) is 0.222. The molecule has 14 heavy (non-hydrogen) atoms. The Morgan fingerprint density at radius 1 is 1.29 bits per heavy atom. The highest BCUT2D eigenvalue weighted by molar-refractivity contribution is 5.31. The maximum Gasteiger partial charge on any atom is 0.0795 e. The molecule has 1 aliphatic rings. The molecule has 2 heteroatoms. The summed E-state index contributed by atoms with van der Waals surface area (Å²) in [6.07, 6.45) is 2.24. The number of hydrogen-bond donors (Lipinski definition) is 2. The first-order valence-corrected chi connectivity index (χ1v) is 5.18. The lowest BCUT2D eigenvalue weighted by atomic mass is 9.81. The molecule has 0 aromatic heterocycles. The molecule has 2 atom stereocenters. The lowest BCUT2D eigenvalue weighted by Gasteiger charge is -2.28. The summed E-state index contributed by atoms with van der Waals surface area (Å²) in [4.78, 5) is 0. The Labute approximate surface area is 84.2 Å². The maximum absolute atomic E-state index is 9.88. The lowest BCUT2D eigenvalue weighted by Crippen LogP contribution is -2.19. The van der Waals surface area contributed by atoms with E-state index in [2.05, 4.69) is 6.07 Å². The van der Waals surface area contributed by atoms with Gasteiger partial charge < -0.3 is 10.2 Å². The minimum atomic E-state index is -0.337. The fraction of sp³-hybridized carbons (Fsp3) is 0.500. The highest BCUT2D eigenvalue weighted by Crippen LogP contribution is 2.34. The molecule has 1 aromatic rings. The molecule has 0 bridgehead atoms. The molecule has 0 heterocycles. The van der Waals surface area contributed by atoms with Crippen LogP contribution in [0.25, 0.3) is 0 Å². The predicted molar refractivity (Wildman–Crippen MR) is 54.9 cm³/mol. The Hall–Kier alpha value is -0.860. The molecule has 0 saturated carbocycles. The van der Waals surface area contributed by atoms with Crippen LogP contribution in [0.5, 0.6) is 0 Å². The minimum Gasteiger partial charge on any atom is -0.396 e. The van der Waals surface area contributed by atoms with Gasteiger partial charge in [0.2, 0.25) is 0 Å². The van der Waals surface area contributed by atoms with Crippen LogP contribution >= 0.6 is 0 Å². The third kappa shape index (κ3) is 1.81. The molecule has 0 spiro atoms. The van der Waals surface area contributed by atoms with Crippen molar-refractivity contribution in [3.63, 3.8) is 0 Å². The van der Waals surface area contributed by atoms with Crippen molar-refractivity contribution in [2.24, 2.45) is 5.92 Å². The van der Waals surface area contributed by atoms with Crippen molar-refractivity contribution in [2.45, 2.75) is 25.4 Å². The average Bonchev–Trinajstić information content (AvgIpc) is 2.18. The van der Waals surface area contributed by atoms with Crippen LogP contribution < -0.4 is 0 Å². The third-order valence-electron chi connectivity index (χ3n) is 3.02. The van der Waals surface area contributed by atoms with E-state index in [0.717, 1.165) is 24.8 Å². The Kier molecular flexibility index (Phi) is 2.85. The van der Waals surface area contributed by atoms with Crippen molar-refractivity contribution < 1.29 is 10.2 Å². The van der Waals surface area contributed by atoms with Crippen LogP contribution in [0.2, 0.25) is 0 Å².